The van der Waals surface area contributed by atoms with Crippen LogP contribution in [-0.2, 0) is 19.7 Å². The van der Waals surface area contributed by atoms with Crippen molar-refractivity contribution in [2.75, 3.05) is 14.2 Å². The lowest BCUT2D eigenvalue weighted by molar-refractivity contribution is 0.284. The Balaban J connectivity index is 0.00000300. The van der Waals surface area contributed by atoms with Crippen molar-refractivity contribution >= 4 is 24.0 Å². The number of benzene rings is 3. The summed E-state index contributed by atoms with van der Waals surface area (Å²) in [6.45, 7) is 1.98. The molecule has 0 heterocycles. The minimum atomic E-state index is 0. The van der Waals surface area contributed by atoms with E-state index in [-0.39, 0.29) is 12.4 Å². The number of nitrogens with one attached hydrogen (secondary N) is 1. The van der Waals surface area contributed by atoms with Crippen molar-refractivity contribution in [1.82, 2.24) is 5.32 Å². The maximum Gasteiger partial charge on any atom is 0.161 e. The maximum atomic E-state index is 5.92. The van der Waals surface area contributed by atoms with E-state index in [4.69, 9.17) is 25.8 Å². The van der Waals surface area contributed by atoms with Gasteiger partial charge in [0.2, 0.25) is 0 Å². The highest BCUT2D eigenvalue weighted by molar-refractivity contribution is 6.30. The molecule has 3 aromatic rings. The largest absolute Gasteiger partial charge is 0.497 e. The van der Waals surface area contributed by atoms with Crippen LogP contribution in [-0.4, -0.2) is 14.2 Å². The summed E-state index contributed by atoms with van der Waals surface area (Å²) >= 11 is 5.92. The Morgan fingerprint density at radius 2 is 1.34 bits per heavy atom. The first-order chi connectivity index (χ1) is 13.7. The predicted octanol–water partition coefficient (Wildman–Crippen LogP) is 5.65. The summed E-state index contributed by atoms with van der Waals surface area (Å²) in [5.74, 6) is 2.30. The summed E-state index contributed by atoms with van der Waals surface area (Å²) in [5, 5.41) is 4.16. The standard InChI is InChI=1S/C23H24ClNO3.ClH/c1-26-21-10-5-17(6-11-21)14-25-15-19-7-12-22(23(13-19)27-2)28-16-18-3-8-20(24)9-4-18;/h3-13,25H,14-16H2,1-2H3;1H. The number of hydrogen-bond donors (Lipinski definition) is 1. The van der Waals surface area contributed by atoms with Gasteiger partial charge < -0.3 is 19.5 Å². The lowest BCUT2D eigenvalue weighted by atomic mass is 10.1. The maximum absolute atomic E-state index is 5.92. The fourth-order valence-electron chi connectivity index (χ4n) is 2.78. The fourth-order valence-corrected chi connectivity index (χ4v) is 2.90. The Bertz CT molecular complexity index is 884. The van der Waals surface area contributed by atoms with Gasteiger partial charge in [0.15, 0.2) is 11.5 Å². The Kier molecular flexibility index (Phi) is 9.13. The molecular formula is C23H25Cl2NO3. The van der Waals surface area contributed by atoms with Crippen LogP contribution in [0.15, 0.2) is 66.7 Å². The first kappa shape index (κ1) is 22.9. The number of rotatable bonds is 9. The van der Waals surface area contributed by atoms with E-state index in [2.05, 4.69) is 17.4 Å². The van der Waals surface area contributed by atoms with Crippen molar-refractivity contribution in [3.8, 4) is 17.2 Å². The van der Waals surface area contributed by atoms with Crippen LogP contribution in [0, 0.1) is 0 Å². The third-order valence-corrected chi connectivity index (χ3v) is 4.60. The second-order valence-electron chi connectivity index (χ2n) is 6.35. The van der Waals surface area contributed by atoms with Crippen molar-refractivity contribution in [3.63, 3.8) is 0 Å². The molecular weight excluding hydrogens is 409 g/mol. The van der Waals surface area contributed by atoms with E-state index in [0.29, 0.717) is 11.6 Å². The molecule has 0 radical (unpaired) electrons. The van der Waals surface area contributed by atoms with Crippen molar-refractivity contribution in [2.45, 2.75) is 19.7 Å². The van der Waals surface area contributed by atoms with E-state index < -0.39 is 0 Å². The van der Waals surface area contributed by atoms with Gasteiger partial charge in [0.25, 0.3) is 0 Å². The third kappa shape index (κ3) is 6.86. The SMILES string of the molecule is COc1ccc(CNCc2ccc(OCc3ccc(Cl)cc3)c(OC)c2)cc1.Cl. The summed E-state index contributed by atoms with van der Waals surface area (Å²) in [6, 6.07) is 21.6. The van der Waals surface area contributed by atoms with Crippen LogP contribution in [0.2, 0.25) is 5.02 Å². The normalized spacial score (nSPS) is 10.2. The smallest absolute Gasteiger partial charge is 0.161 e. The molecule has 0 atom stereocenters. The molecule has 0 unspecified atom stereocenters. The first-order valence-electron chi connectivity index (χ1n) is 9.06. The van der Waals surface area contributed by atoms with Crippen LogP contribution in [0.4, 0.5) is 0 Å². The molecule has 0 aliphatic rings. The van der Waals surface area contributed by atoms with Crippen molar-refractivity contribution in [1.29, 1.82) is 0 Å². The minimum absolute atomic E-state index is 0. The first-order valence-corrected chi connectivity index (χ1v) is 9.43. The highest BCUT2D eigenvalue weighted by Gasteiger charge is 2.07. The highest BCUT2D eigenvalue weighted by atomic mass is 35.5. The highest BCUT2D eigenvalue weighted by Crippen LogP contribution is 2.29. The fraction of sp³-hybridized carbons (Fsp3) is 0.217. The van der Waals surface area contributed by atoms with Crippen LogP contribution in [0.3, 0.4) is 0 Å². The Morgan fingerprint density at radius 3 is 2.00 bits per heavy atom. The molecule has 0 spiro atoms. The summed E-state index contributed by atoms with van der Waals surface area (Å²) in [7, 11) is 3.32. The molecule has 0 saturated carbocycles. The molecule has 3 rings (SSSR count). The summed E-state index contributed by atoms with van der Waals surface area (Å²) < 4.78 is 16.6. The van der Waals surface area contributed by atoms with Gasteiger partial charge >= 0.3 is 0 Å². The molecule has 3 aromatic carbocycles. The van der Waals surface area contributed by atoms with E-state index in [9.17, 15) is 0 Å². The molecule has 154 valence electrons. The lowest BCUT2D eigenvalue weighted by Gasteiger charge is -2.13. The summed E-state index contributed by atoms with van der Waals surface area (Å²) in [4.78, 5) is 0. The van der Waals surface area contributed by atoms with E-state index in [0.717, 1.165) is 41.5 Å². The van der Waals surface area contributed by atoms with E-state index in [1.54, 1.807) is 14.2 Å². The Labute approximate surface area is 183 Å². The number of halogens is 2. The quantitative estimate of drug-likeness (QED) is 0.473. The van der Waals surface area contributed by atoms with Gasteiger partial charge in [0.1, 0.15) is 12.4 Å². The molecule has 0 fully saturated rings. The molecule has 0 aliphatic heterocycles. The van der Waals surface area contributed by atoms with Gasteiger partial charge in [-0.15, -0.1) is 12.4 Å². The minimum Gasteiger partial charge on any atom is -0.497 e. The molecule has 6 heteroatoms. The number of ether oxygens (including phenoxy) is 3. The van der Waals surface area contributed by atoms with Crippen LogP contribution >= 0.6 is 24.0 Å². The molecule has 29 heavy (non-hydrogen) atoms. The van der Waals surface area contributed by atoms with Gasteiger partial charge in [0, 0.05) is 18.1 Å². The van der Waals surface area contributed by atoms with Crippen LogP contribution in [0.1, 0.15) is 16.7 Å². The van der Waals surface area contributed by atoms with Crippen LogP contribution in [0.25, 0.3) is 0 Å². The van der Waals surface area contributed by atoms with Crippen molar-refractivity contribution in [3.05, 3.63) is 88.4 Å². The van der Waals surface area contributed by atoms with Gasteiger partial charge in [0.05, 0.1) is 14.2 Å². The topological polar surface area (TPSA) is 39.7 Å². The summed E-state index contributed by atoms with van der Waals surface area (Å²) in [6.07, 6.45) is 0. The molecule has 0 aromatic heterocycles. The van der Waals surface area contributed by atoms with Crippen molar-refractivity contribution < 1.29 is 14.2 Å². The van der Waals surface area contributed by atoms with Crippen LogP contribution in [0.5, 0.6) is 17.2 Å². The van der Waals surface area contributed by atoms with Gasteiger partial charge in [-0.1, -0.05) is 41.9 Å². The van der Waals surface area contributed by atoms with E-state index in [1.807, 2.05) is 54.6 Å². The zero-order valence-corrected chi connectivity index (χ0v) is 18.1. The number of hydrogen-bond acceptors (Lipinski definition) is 4. The zero-order chi connectivity index (χ0) is 19.8. The molecule has 0 aliphatic carbocycles. The Morgan fingerprint density at radius 1 is 0.724 bits per heavy atom. The molecule has 1 N–H and O–H groups in total. The molecule has 0 saturated heterocycles. The summed E-state index contributed by atoms with van der Waals surface area (Å²) in [5.41, 5.74) is 3.39. The van der Waals surface area contributed by atoms with Crippen molar-refractivity contribution in [2.24, 2.45) is 0 Å². The second-order valence-corrected chi connectivity index (χ2v) is 6.79. The monoisotopic (exact) mass is 433 g/mol. The zero-order valence-electron chi connectivity index (χ0n) is 16.5. The average molecular weight is 434 g/mol. The van der Waals surface area contributed by atoms with E-state index in [1.165, 1.54) is 5.56 Å². The van der Waals surface area contributed by atoms with Crippen LogP contribution < -0.4 is 19.5 Å². The Hall–Kier alpha value is -2.40. The van der Waals surface area contributed by atoms with Gasteiger partial charge in [-0.2, -0.15) is 0 Å². The van der Waals surface area contributed by atoms with Gasteiger partial charge in [-0.3, -0.25) is 0 Å². The second kappa shape index (κ2) is 11.6. The van der Waals surface area contributed by atoms with E-state index >= 15 is 0 Å². The molecule has 0 amide bonds. The van der Waals surface area contributed by atoms with Gasteiger partial charge in [-0.05, 0) is 53.1 Å². The predicted molar refractivity (Wildman–Crippen MR) is 120 cm³/mol. The third-order valence-electron chi connectivity index (χ3n) is 4.35. The molecule has 4 nitrogen and oxygen atoms in total. The molecule has 0 bridgehead atoms. The number of methoxy groups -OCH3 is 2. The van der Waals surface area contributed by atoms with Gasteiger partial charge in [-0.25, -0.2) is 0 Å². The lowest BCUT2D eigenvalue weighted by Crippen LogP contribution is -2.12. The average Bonchev–Trinajstić information content (AvgIpc) is 2.74.